The molecule has 2 rings (SSSR count). The summed E-state index contributed by atoms with van der Waals surface area (Å²) in [4.78, 5) is 0. The lowest BCUT2D eigenvalue weighted by Gasteiger charge is -2.03. The van der Waals surface area contributed by atoms with Crippen LogP contribution in [0.1, 0.15) is 6.92 Å². The van der Waals surface area contributed by atoms with E-state index in [0.717, 1.165) is 5.56 Å². The molecular formula is C8H8ClN3O2S2. The molecule has 0 unspecified atom stereocenters. The van der Waals surface area contributed by atoms with E-state index in [1.807, 2.05) is 23.8 Å². The Kier molecular flexibility index (Phi) is 3.00. The molecule has 5 nitrogen and oxygen atoms in total. The average molecular weight is 278 g/mol. The fourth-order valence-corrected chi connectivity index (χ4v) is 2.95. The van der Waals surface area contributed by atoms with Crippen molar-refractivity contribution >= 4 is 31.1 Å². The smallest absolute Gasteiger partial charge is 0.296 e. The second kappa shape index (κ2) is 4.15. The van der Waals surface area contributed by atoms with Crippen LogP contribution in [0, 0.1) is 0 Å². The van der Waals surface area contributed by atoms with Crippen molar-refractivity contribution in [3.63, 3.8) is 0 Å². The third-order valence-corrected chi connectivity index (χ3v) is 3.87. The third kappa shape index (κ3) is 1.98. The van der Waals surface area contributed by atoms with E-state index in [1.165, 1.54) is 15.9 Å². The molecule has 0 N–H and O–H groups in total. The number of hydrogen-bond donors (Lipinski definition) is 0. The summed E-state index contributed by atoms with van der Waals surface area (Å²) in [5.41, 5.74) is 0.839. The Labute approximate surface area is 101 Å². The van der Waals surface area contributed by atoms with Crippen molar-refractivity contribution in [2.24, 2.45) is 0 Å². The molecule has 0 saturated heterocycles. The zero-order valence-corrected chi connectivity index (χ0v) is 10.7. The van der Waals surface area contributed by atoms with Crippen LogP contribution in [0.3, 0.4) is 0 Å². The molecule has 86 valence electrons. The number of nitrogens with zero attached hydrogens (tertiary/aromatic N) is 3. The van der Waals surface area contributed by atoms with Crippen LogP contribution in [0.4, 0.5) is 0 Å². The molecule has 0 saturated carbocycles. The van der Waals surface area contributed by atoms with Gasteiger partial charge in [-0.25, -0.2) is 8.42 Å². The predicted octanol–water partition coefficient (Wildman–Crippen LogP) is 1.95. The van der Waals surface area contributed by atoms with Gasteiger partial charge in [-0.2, -0.15) is 11.3 Å². The van der Waals surface area contributed by atoms with Crippen molar-refractivity contribution < 1.29 is 8.42 Å². The van der Waals surface area contributed by atoms with E-state index in [9.17, 15) is 8.42 Å². The van der Waals surface area contributed by atoms with Gasteiger partial charge in [0.2, 0.25) is 0 Å². The Balaban J connectivity index is 2.63. The van der Waals surface area contributed by atoms with Gasteiger partial charge in [-0.15, -0.1) is 10.2 Å². The van der Waals surface area contributed by atoms with Gasteiger partial charge < -0.3 is 0 Å². The highest BCUT2D eigenvalue weighted by atomic mass is 35.7. The monoisotopic (exact) mass is 277 g/mol. The molecule has 0 atom stereocenters. The van der Waals surface area contributed by atoms with Gasteiger partial charge in [0.1, 0.15) is 0 Å². The van der Waals surface area contributed by atoms with Crippen molar-refractivity contribution in [2.45, 2.75) is 18.6 Å². The van der Waals surface area contributed by atoms with Gasteiger partial charge in [-0.3, -0.25) is 4.57 Å². The van der Waals surface area contributed by atoms with E-state index in [4.69, 9.17) is 10.7 Å². The van der Waals surface area contributed by atoms with Crippen molar-refractivity contribution in [3.05, 3.63) is 16.8 Å². The Morgan fingerprint density at radius 1 is 1.50 bits per heavy atom. The summed E-state index contributed by atoms with van der Waals surface area (Å²) in [5, 5.41) is 11.0. The van der Waals surface area contributed by atoms with Crippen molar-refractivity contribution in [1.82, 2.24) is 14.8 Å². The van der Waals surface area contributed by atoms with Gasteiger partial charge in [0.05, 0.1) is 0 Å². The summed E-state index contributed by atoms with van der Waals surface area (Å²) >= 11 is 1.51. The molecule has 0 aromatic carbocycles. The minimum absolute atomic E-state index is 0.210. The van der Waals surface area contributed by atoms with E-state index >= 15 is 0 Å². The highest BCUT2D eigenvalue weighted by Crippen LogP contribution is 2.23. The highest BCUT2D eigenvalue weighted by Gasteiger charge is 2.22. The molecule has 16 heavy (non-hydrogen) atoms. The topological polar surface area (TPSA) is 64.8 Å². The number of rotatable bonds is 3. The van der Waals surface area contributed by atoms with E-state index in [-0.39, 0.29) is 5.16 Å². The first-order valence-corrected chi connectivity index (χ1v) is 7.69. The maximum atomic E-state index is 11.2. The van der Waals surface area contributed by atoms with Crippen LogP contribution in [-0.4, -0.2) is 23.2 Å². The Bertz CT molecular complexity index is 589. The van der Waals surface area contributed by atoms with Crippen LogP contribution in [0.5, 0.6) is 0 Å². The SMILES string of the molecule is CCn1c(-c2ccsc2)nnc1S(=O)(=O)Cl. The molecular weight excluding hydrogens is 270 g/mol. The molecule has 0 fully saturated rings. The Morgan fingerprint density at radius 2 is 2.25 bits per heavy atom. The number of halogens is 1. The van der Waals surface area contributed by atoms with E-state index < -0.39 is 9.05 Å². The molecule has 0 aliphatic rings. The predicted molar refractivity (Wildman–Crippen MR) is 62.0 cm³/mol. The Hall–Kier alpha value is -0.920. The van der Waals surface area contributed by atoms with Crippen molar-refractivity contribution in [2.75, 3.05) is 0 Å². The van der Waals surface area contributed by atoms with Gasteiger partial charge in [0.15, 0.2) is 5.82 Å². The summed E-state index contributed by atoms with van der Waals surface area (Å²) in [6.07, 6.45) is 0. The van der Waals surface area contributed by atoms with E-state index in [1.54, 1.807) is 0 Å². The lowest BCUT2D eigenvalue weighted by Crippen LogP contribution is -2.05. The van der Waals surface area contributed by atoms with Crippen molar-refractivity contribution in [1.29, 1.82) is 0 Å². The first-order valence-electron chi connectivity index (χ1n) is 4.44. The quantitative estimate of drug-likeness (QED) is 0.805. The van der Waals surface area contributed by atoms with Crippen LogP contribution < -0.4 is 0 Å². The maximum absolute atomic E-state index is 11.2. The zero-order chi connectivity index (χ0) is 11.8. The summed E-state index contributed by atoms with van der Waals surface area (Å²) in [6.45, 7) is 2.25. The molecule has 2 aromatic rings. The summed E-state index contributed by atoms with van der Waals surface area (Å²) < 4.78 is 24.0. The second-order valence-electron chi connectivity index (χ2n) is 3.00. The van der Waals surface area contributed by atoms with Gasteiger partial charge in [0, 0.05) is 28.2 Å². The fraction of sp³-hybridized carbons (Fsp3) is 0.250. The fourth-order valence-electron chi connectivity index (χ4n) is 1.36. The summed E-state index contributed by atoms with van der Waals surface area (Å²) in [5.74, 6) is 0.517. The highest BCUT2D eigenvalue weighted by molar-refractivity contribution is 8.13. The molecule has 0 spiro atoms. The summed E-state index contributed by atoms with van der Waals surface area (Å²) in [7, 11) is 1.42. The Morgan fingerprint density at radius 3 is 2.75 bits per heavy atom. The van der Waals surface area contributed by atoms with Crippen LogP contribution in [0.25, 0.3) is 11.4 Å². The molecule has 0 aliphatic heterocycles. The second-order valence-corrected chi connectivity index (χ2v) is 6.24. The molecule has 0 aliphatic carbocycles. The van der Waals surface area contributed by atoms with Crippen LogP contribution in [-0.2, 0) is 15.6 Å². The van der Waals surface area contributed by atoms with Crippen molar-refractivity contribution in [3.8, 4) is 11.4 Å². The first kappa shape index (κ1) is 11.6. The minimum Gasteiger partial charge on any atom is -0.297 e. The number of thiophene rings is 1. The molecule has 0 radical (unpaired) electrons. The molecule has 2 heterocycles. The lowest BCUT2D eigenvalue weighted by molar-refractivity contribution is 0.583. The van der Waals surface area contributed by atoms with Crippen LogP contribution in [0.15, 0.2) is 22.0 Å². The van der Waals surface area contributed by atoms with E-state index in [2.05, 4.69) is 10.2 Å². The molecule has 2 aromatic heterocycles. The normalized spacial score (nSPS) is 11.9. The average Bonchev–Trinajstić information content (AvgIpc) is 2.84. The first-order chi connectivity index (χ1) is 7.54. The van der Waals surface area contributed by atoms with Gasteiger partial charge in [0.25, 0.3) is 14.2 Å². The van der Waals surface area contributed by atoms with Crippen LogP contribution >= 0.6 is 22.0 Å². The standard InChI is InChI=1S/C8H8ClN3O2S2/c1-2-12-7(6-3-4-15-5-6)10-11-8(12)16(9,13)14/h3-5H,2H2,1H3. The zero-order valence-electron chi connectivity index (χ0n) is 8.29. The van der Waals surface area contributed by atoms with Crippen LogP contribution in [0.2, 0.25) is 0 Å². The van der Waals surface area contributed by atoms with Gasteiger partial charge in [-0.1, -0.05) is 0 Å². The van der Waals surface area contributed by atoms with Gasteiger partial charge in [-0.05, 0) is 18.4 Å². The lowest BCUT2D eigenvalue weighted by atomic mass is 10.3. The number of aromatic nitrogens is 3. The largest absolute Gasteiger partial charge is 0.297 e. The maximum Gasteiger partial charge on any atom is 0.296 e. The third-order valence-electron chi connectivity index (χ3n) is 2.03. The number of hydrogen-bond acceptors (Lipinski definition) is 5. The molecule has 8 heteroatoms. The molecule has 0 amide bonds. The summed E-state index contributed by atoms with van der Waals surface area (Å²) in [6, 6.07) is 1.85. The molecule has 0 bridgehead atoms. The minimum atomic E-state index is -3.85. The van der Waals surface area contributed by atoms with E-state index in [0.29, 0.717) is 12.4 Å². The van der Waals surface area contributed by atoms with Gasteiger partial charge >= 0.3 is 0 Å².